The number of halogens is 2. The highest BCUT2D eigenvalue weighted by Crippen LogP contribution is 2.12. The van der Waals surface area contributed by atoms with Crippen molar-refractivity contribution in [3.63, 3.8) is 0 Å². The lowest BCUT2D eigenvalue weighted by molar-refractivity contribution is -0.123. The van der Waals surface area contributed by atoms with E-state index in [1.165, 1.54) is 0 Å². The summed E-state index contributed by atoms with van der Waals surface area (Å²) in [5.74, 6) is -0.0833. The van der Waals surface area contributed by atoms with E-state index in [1.807, 2.05) is 20.8 Å². The van der Waals surface area contributed by atoms with E-state index < -0.39 is 6.17 Å². The molecule has 0 unspecified atom stereocenters. The Balaban J connectivity index is 0.00000196. The molecule has 1 saturated heterocycles. The van der Waals surface area contributed by atoms with Crippen LogP contribution >= 0.6 is 12.4 Å². The van der Waals surface area contributed by atoms with Gasteiger partial charge in [0, 0.05) is 19.5 Å². The number of carbonyl (C=O) groups excluding carboxylic acids is 1. The Hall–Kier alpha value is -0.350. The second-order valence-electron chi connectivity index (χ2n) is 5.07. The first-order valence-corrected chi connectivity index (χ1v) is 5.04. The van der Waals surface area contributed by atoms with E-state index in [0.29, 0.717) is 19.5 Å². The smallest absolute Gasteiger partial charge is 0.237 e. The maximum Gasteiger partial charge on any atom is 0.237 e. The van der Waals surface area contributed by atoms with Crippen LogP contribution in [0, 0.1) is 5.41 Å². The molecule has 2 atom stereocenters. The van der Waals surface area contributed by atoms with Crippen LogP contribution in [0.1, 0.15) is 27.2 Å². The van der Waals surface area contributed by atoms with E-state index in [1.54, 1.807) is 0 Å². The first-order chi connectivity index (χ1) is 6.38. The molecule has 1 fully saturated rings. The van der Waals surface area contributed by atoms with E-state index in [9.17, 15) is 9.18 Å². The summed E-state index contributed by atoms with van der Waals surface area (Å²) in [6, 6.07) is -0.340. The first-order valence-electron chi connectivity index (χ1n) is 5.04. The van der Waals surface area contributed by atoms with Crippen molar-refractivity contribution >= 4 is 18.3 Å². The van der Waals surface area contributed by atoms with Gasteiger partial charge in [0.05, 0.1) is 6.04 Å². The van der Waals surface area contributed by atoms with Crippen LogP contribution in [0.3, 0.4) is 0 Å². The van der Waals surface area contributed by atoms with Gasteiger partial charge in [0.2, 0.25) is 5.91 Å². The van der Waals surface area contributed by atoms with Crippen LogP contribution in [0.25, 0.3) is 0 Å². The van der Waals surface area contributed by atoms with Crippen LogP contribution in [0.4, 0.5) is 4.39 Å². The van der Waals surface area contributed by atoms with Crippen LogP contribution < -0.4 is 10.6 Å². The highest BCUT2D eigenvalue weighted by molar-refractivity contribution is 5.85. The summed E-state index contributed by atoms with van der Waals surface area (Å²) < 4.78 is 12.8. The average molecular weight is 239 g/mol. The summed E-state index contributed by atoms with van der Waals surface area (Å²) in [6.45, 7) is 7.07. The summed E-state index contributed by atoms with van der Waals surface area (Å²) in [6.07, 6.45) is -0.573. The topological polar surface area (TPSA) is 41.1 Å². The van der Waals surface area contributed by atoms with Gasteiger partial charge in [0.15, 0.2) is 0 Å². The third-order valence-electron chi connectivity index (χ3n) is 2.19. The molecule has 0 aromatic heterocycles. The highest BCUT2D eigenvalue weighted by atomic mass is 35.5. The molecule has 1 aliphatic rings. The van der Waals surface area contributed by atoms with Gasteiger partial charge in [0.25, 0.3) is 0 Å². The second kappa shape index (κ2) is 5.66. The van der Waals surface area contributed by atoms with E-state index in [4.69, 9.17) is 0 Å². The van der Waals surface area contributed by atoms with Gasteiger partial charge in [-0.15, -0.1) is 12.4 Å². The number of alkyl halides is 1. The fourth-order valence-electron chi connectivity index (χ4n) is 1.37. The van der Waals surface area contributed by atoms with Crippen molar-refractivity contribution in [1.82, 2.24) is 10.6 Å². The van der Waals surface area contributed by atoms with Gasteiger partial charge in [-0.2, -0.15) is 0 Å². The van der Waals surface area contributed by atoms with Crippen molar-refractivity contribution in [1.29, 1.82) is 0 Å². The van der Waals surface area contributed by atoms with E-state index in [-0.39, 0.29) is 29.8 Å². The molecule has 0 aromatic carbocycles. The third kappa shape index (κ3) is 5.33. The Morgan fingerprint density at radius 1 is 1.53 bits per heavy atom. The number of nitrogens with one attached hydrogen (secondary N) is 2. The zero-order valence-corrected chi connectivity index (χ0v) is 10.3. The SMILES string of the molecule is CC(C)(C)CNC(=O)[C@H]1C[C@H](F)CN1.Cl. The van der Waals surface area contributed by atoms with Crippen molar-refractivity contribution < 1.29 is 9.18 Å². The van der Waals surface area contributed by atoms with Gasteiger partial charge < -0.3 is 10.6 Å². The number of rotatable bonds is 2. The van der Waals surface area contributed by atoms with Crippen LogP contribution in [0.15, 0.2) is 0 Å². The quantitative estimate of drug-likeness (QED) is 0.761. The Kier molecular flexibility index (Phi) is 5.53. The molecule has 1 amide bonds. The molecule has 3 nitrogen and oxygen atoms in total. The Labute approximate surface area is 96.6 Å². The van der Waals surface area contributed by atoms with E-state index >= 15 is 0 Å². The van der Waals surface area contributed by atoms with Crippen LogP contribution in [-0.2, 0) is 4.79 Å². The minimum atomic E-state index is -0.875. The molecule has 15 heavy (non-hydrogen) atoms. The lowest BCUT2D eigenvalue weighted by Crippen LogP contribution is -2.43. The summed E-state index contributed by atoms with van der Waals surface area (Å²) in [4.78, 5) is 11.5. The Morgan fingerprint density at radius 3 is 2.53 bits per heavy atom. The molecule has 0 saturated carbocycles. The van der Waals surface area contributed by atoms with Crippen molar-refractivity contribution in [2.75, 3.05) is 13.1 Å². The van der Waals surface area contributed by atoms with Gasteiger partial charge in [0.1, 0.15) is 6.17 Å². The normalized spacial score (nSPS) is 25.9. The molecular weight excluding hydrogens is 219 g/mol. The summed E-state index contributed by atoms with van der Waals surface area (Å²) in [5.41, 5.74) is 0.0728. The van der Waals surface area contributed by atoms with Gasteiger partial charge in [-0.05, 0) is 5.41 Å². The highest BCUT2D eigenvalue weighted by Gasteiger charge is 2.29. The molecule has 0 spiro atoms. The molecular formula is C10H20ClFN2O. The molecule has 2 N–H and O–H groups in total. The average Bonchev–Trinajstić information content (AvgIpc) is 2.46. The van der Waals surface area contributed by atoms with Crippen molar-refractivity contribution in [3.8, 4) is 0 Å². The fourth-order valence-corrected chi connectivity index (χ4v) is 1.37. The first kappa shape index (κ1) is 14.6. The minimum Gasteiger partial charge on any atom is -0.354 e. The molecule has 0 aliphatic carbocycles. The molecule has 5 heteroatoms. The molecule has 1 heterocycles. The summed E-state index contributed by atoms with van der Waals surface area (Å²) >= 11 is 0. The summed E-state index contributed by atoms with van der Waals surface area (Å²) in [7, 11) is 0. The van der Waals surface area contributed by atoms with Gasteiger partial charge in [-0.3, -0.25) is 4.79 Å². The second-order valence-corrected chi connectivity index (χ2v) is 5.07. The number of hydrogen-bond acceptors (Lipinski definition) is 2. The number of hydrogen-bond donors (Lipinski definition) is 2. The molecule has 0 aromatic rings. The lowest BCUT2D eigenvalue weighted by atomic mass is 9.97. The number of carbonyl (C=O) groups is 1. The Bertz CT molecular complexity index is 218. The van der Waals surface area contributed by atoms with Crippen molar-refractivity contribution in [2.24, 2.45) is 5.41 Å². The van der Waals surface area contributed by atoms with E-state index in [2.05, 4.69) is 10.6 Å². The predicted molar refractivity (Wildman–Crippen MR) is 61.0 cm³/mol. The van der Waals surface area contributed by atoms with Crippen LogP contribution in [0.2, 0.25) is 0 Å². The lowest BCUT2D eigenvalue weighted by Gasteiger charge is -2.20. The van der Waals surface area contributed by atoms with Gasteiger partial charge in [-0.1, -0.05) is 20.8 Å². The molecule has 0 bridgehead atoms. The maximum atomic E-state index is 12.8. The Morgan fingerprint density at radius 2 is 2.13 bits per heavy atom. The van der Waals surface area contributed by atoms with Crippen LogP contribution in [0.5, 0.6) is 0 Å². The summed E-state index contributed by atoms with van der Waals surface area (Å²) in [5, 5.41) is 5.67. The molecule has 0 radical (unpaired) electrons. The molecule has 1 aliphatic heterocycles. The predicted octanol–water partition coefficient (Wildman–Crippen LogP) is 1.27. The maximum absolute atomic E-state index is 12.8. The number of amides is 1. The monoisotopic (exact) mass is 238 g/mol. The zero-order valence-electron chi connectivity index (χ0n) is 9.47. The van der Waals surface area contributed by atoms with Gasteiger partial charge in [-0.25, -0.2) is 4.39 Å². The van der Waals surface area contributed by atoms with Crippen molar-refractivity contribution in [2.45, 2.75) is 39.4 Å². The third-order valence-corrected chi connectivity index (χ3v) is 2.19. The van der Waals surface area contributed by atoms with E-state index in [0.717, 1.165) is 0 Å². The fraction of sp³-hybridized carbons (Fsp3) is 0.900. The van der Waals surface area contributed by atoms with Crippen LogP contribution in [-0.4, -0.2) is 31.2 Å². The van der Waals surface area contributed by atoms with Crippen molar-refractivity contribution in [3.05, 3.63) is 0 Å². The molecule has 90 valence electrons. The minimum absolute atomic E-state index is 0. The molecule has 1 rings (SSSR count). The zero-order chi connectivity index (χ0) is 10.8. The standard InChI is InChI=1S/C10H19FN2O.ClH/c1-10(2,3)6-13-9(14)8-4-7(11)5-12-8;/h7-8,12H,4-6H2,1-3H3,(H,13,14);1H/t7-,8+;/m0./s1. The largest absolute Gasteiger partial charge is 0.354 e. The van der Waals surface area contributed by atoms with Gasteiger partial charge >= 0.3 is 0 Å².